The van der Waals surface area contributed by atoms with Gasteiger partial charge < -0.3 is 9.84 Å². The van der Waals surface area contributed by atoms with Crippen molar-refractivity contribution in [3.05, 3.63) is 30.3 Å². The second-order valence-corrected chi connectivity index (χ2v) is 5.91. The largest absolute Gasteiger partial charge is 0.494 e. The van der Waals surface area contributed by atoms with Crippen molar-refractivity contribution in [3.8, 4) is 5.75 Å². The molecule has 4 nitrogen and oxygen atoms in total. The zero-order chi connectivity index (χ0) is 13.9. The first kappa shape index (κ1) is 15.7. The van der Waals surface area contributed by atoms with Crippen LogP contribution in [0.25, 0.3) is 0 Å². The Morgan fingerprint density at radius 2 is 1.79 bits per heavy atom. The lowest BCUT2D eigenvalue weighted by molar-refractivity contribution is -0.137. The number of carboxylic acid groups (broad SMARTS) is 1. The van der Waals surface area contributed by atoms with Gasteiger partial charge in [0.15, 0.2) is 0 Å². The average Bonchev–Trinajstić information content (AvgIpc) is 2.39. The fourth-order valence-electron chi connectivity index (χ4n) is 1.56. The summed E-state index contributed by atoms with van der Waals surface area (Å²) < 4.78 is 17.1. The molecule has 0 aliphatic rings. The molecule has 1 aromatic rings. The Hall–Kier alpha value is -1.36. The molecule has 0 saturated carbocycles. The van der Waals surface area contributed by atoms with Crippen LogP contribution in [0.5, 0.6) is 5.75 Å². The van der Waals surface area contributed by atoms with Crippen LogP contribution < -0.4 is 4.74 Å². The third-order valence-corrected chi connectivity index (χ3v) is 4.03. The molecule has 19 heavy (non-hydrogen) atoms. The predicted molar refractivity (Wildman–Crippen MR) is 75.9 cm³/mol. The molecule has 106 valence electrons. The smallest absolute Gasteiger partial charge is 0.303 e. The summed E-state index contributed by atoms with van der Waals surface area (Å²) in [5, 5.41) is 8.47. The van der Waals surface area contributed by atoms with E-state index in [-0.39, 0.29) is 6.42 Å². The Morgan fingerprint density at radius 1 is 1.11 bits per heavy atom. The number of ether oxygens (including phenoxy) is 1. The van der Waals surface area contributed by atoms with Gasteiger partial charge in [0.1, 0.15) is 5.75 Å². The Kier molecular flexibility index (Phi) is 7.89. The van der Waals surface area contributed by atoms with E-state index in [1.54, 1.807) is 0 Å². The Labute approximate surface area is 116 Å². The van der Waals surface area contributed by atoms with Gasteiger partial charge in [-0.15, -0.1) is 0 Å². The molecular formula is C14H20O4S. The highest BCUT2D eigenvalue weighted by atomic mass is 32.2. The zero-order valence-corrected chi connectivity index (χ0v) is 11.7. The number of aliphatic carboxylic acids is 1. The molecule has 0 bridgehead atoms. The number of hydrogen-bond acceptors (Lipinski definition) is 3. The molecule has 1 rings (SSSR count). The third kappa shape index (κ3) is 8.37. The topological polar surface area (TPSA) is 63.6 Å². The maximum Gasteiger partial charge on any atom is 0.303 e. The molecule has 0 aliphatic carbocycles. The van der Waals surface area contributed by atoms with Crippen molar-refractivity contribution < 1.29 is 18.8 Å². The molecule has 0 aromatic heterocycles. The van der Waals surface area contributed by atoms with Crippen LogP contribution in [0.15, 0.2) is 30.3 Å². The molecule has 0 heterocycles. The normalized spacial score (nSPS) is 12.0. The van der Waals surface area contributed by atoms with Gasteiger partial charge >= 0.3 is 5.97 Å². The molecule has 1 unspecified atom stereocenters. The van der Waals surface area contributed by atoms with E-state index in [9.17, 15) is 9.00 Å². The second kappa shape index (κ2) is 9.55. The van der Waals surface area contributed by atoms with Gasteiger partial charge in [0.25, 0.3) is 0 Å². The molecule has 0 spiro atoms. The number of carboxylic acids is 1. The summed E-state index contributed by atoms with van der Waals surface area (Å²) in [5.41, 5.74) is 0. The summed E-state index contributed by atoms with van der Waals surface area (Å²) in [6, 6.07) is 9.60. The van der Waals surface area contributed by atoms with Crippen LogP contribution in [0.4, 0.5) is 0 Å². The monoisotopic (exact) mass is 284 g/mol. The lowest BCUT2D eigenvalue weighted by Gasteiger charge is -2.05. The first-order valence-corrected chi connectivity index (χ1v) is 7.92. The quantitative estimate of drug-likeness (QED) is 0.670. The molecule has 0 aliphatic heterocycles. The summed E-state index contributed by atoms with van der Waals surface area (Å²) in [7, 11) is -0.903. The fourth-order valence-corrected chi connectivity index (χ4v) is 2.75. The first-order valence-electron chi connectivity index (χ1n) is 6.43. The van der Waals surface area contributed by atoms with E-state index >= 15 is 0 Å². The molecule has 5 heteroatoms. The van der Waals surface area contributed by atoms with Crippen LogP contribution in [0, 0.1) is 0 Å². The van der Waals surface area contributed by atoms with Crippen molar-refractivity contribution in [1.82, 2.24) is 0 Å². The summed E-state index contributed by atoms with van der Waals surface area (Å²) in [6.45, 7) is 0.621. The van der Waals surface area contributed by atoms with Gasteiger partial charge in [-0.2, -0.15) is 0 Å². The Morgan fingerprint density at radius 3 is 2.47 bits per heavy atom. The lowest BCUT2D eigenvalue weighted by atomic mass is 10.3. The Balaban J connectivity index is 1.98. The Bertz CT molecular complexity index is 392. The SMILES string of the molecule is O=C(O)CCCS(=O)CCCCOc1ccccc1. The van der Waals surface area contributed by atoms with E-state index in [4.69, 9.17) is 9.84 Å². The standard InChI is InChI=1S/C14H20O4S/c15-14(16)9-6-12-19(17)11-5-4-10-18-13-7-2-1-3-8-13/h1-3,7-8H,4-6,9-12H2,(H,15,16). The summed E-state index contributed by atoms with van der Waals surface area (Å²) in [6.07, 6.45) is 2.29. The third-order valence-electron chi connectivity index (χ3n) is 2.54. The number of unbranched alkanes of at least 4 members (excludes halogenated alkanes) is 1. The molecule has 0 amide bonds. The number of rotatable bonds is 10. The van der Waals surface area contributed by atoms with Gasteiger partial charge in [-0.3, -0.25) is 9.00 Å². The zero-order valence-electron chi connectivity index (χ0n) is 10.9. The van der Waals surface area contributed by atoms with Crippen LogP contribution in [-0.4, -0.2) is 33.4 Å². The fraction of sp³-hybridized carbons (Fsp3) is 0.500. The van der Waals surface area contributed by atoms with Gasteiger partial charge in [-0.25, -0.2) is 0 Å². The summed E-state index contributed by atoms with van der Waals surface area (Å²) >= 11 is 0. The second-order valence-electron chi connectivity index (χ2n) is 4.21. The number of hydrogen-bond donors (Lipinski definition) is 1. The minimum atomic E-state index is -0.903. The van der Waals surface area contributed by atoms with Crippen LogP contribution in [-0.2, 0) is 15.6 Å². The van der Waals surface area contributed by atoms with Gasteiger partial charge in [0.05, 0.1) is 6.61 Å². The van der Waals surface area contributed by atoms with E-state index in [0.717, 1.165) is 18.6 Å². The number of para-hydroxylation sites is 1. The predicted octanol–water partition coefficient (Wildman–Crippen LogP) is 2.46. The number of benzene rings is 1. The van der Waals surface area contributed by atoms with Crippen LogP contribution >= 0.6 is 0 Å². The molecule has 1 aromatic carbocycles. The van der Waals surface area contributed by atoms with E-state index in [0.29, 0.717) is 24.5 Å². The van der Waals surface area contributed by atoms with Crippen LogP contribution in [0.3, 0.4) is 0 Å². The lowest BCUT2D eigenvalue weighted by Crippen LogP contribution is -2.07. The minimum Gasteiger partial charge on any atom is -0.494 e. The van der Waals surface area contributed by atoms with Crippen molar-refractivity contribution in [3.63, 3.8) is 0 Å². The van der Waals surface area contributed by atoms with E-state index in [2.05, 4.69) is 0 Å². The minimum absolute atomic E-state index is 0.100. The average molecular weight is 284 g/mol. The van der Waals surface area contributed by atoms with Crippen LogP contribution in [0.1, 0.15) is 25.7 Å². The highest BCUT2D eigenvalue weighted by Gasteiger charge is 2.02. The molecule has 0 radical (unpaired) electrons. The van der Waals surface area contributed by atoms with E-state index < -0.39 is 16.8 Å². The highest BCUT2D eigenvalue weighted by Crippen LogP contribution is 2.09. The molecular weight excluding hydrogens is 264 g/mol. The molecule has 0 fully saturated rings. The van der Waals surface area contributed by atoms with Crippen LogP contribution in [0.2, 0.25) is 0 Å². The summed E-state index contributed by atoms with van der Waals surface area (Å²) in [5.74, 6) is 1.13. The maximum absolute atomic E-state index is 11.5. The van der Waals surface area contributed by atoms with Crippen molar-refractivity contribution in [2.24, 2.45) is 0 Å². The van der Waals surface area contributed by atoms with Crippen molar-refractivity contribution in [2.45, 2.75) is 25.7 Å². The highest BCUT2D eigenvalue weighted by molar-refractivity contribution is 7.84. The number of carbonyl (C=O) groups is 1. The van der Waals surface area contributed by atoms with Crippen molar-refractivity contribution in [1.29, 1.82) is 0 Å². The van der Waals surface area contributed by atoms with Gasteiger partial charge in [0, 0.05) is 28.7 Å². The van der Waals surface area contributed by atoms with Gasteiger partial charge in [-0.05, 0) is 31.4 Å². The van der Waals surface area contributed by atoms with E-state index in [1.165, 1.54) is 0 Å². The van der Waals surface area contributed by atoms with E-state index in [1.807, 2.05) is 30.3 Å². The van der Waals surface area contributed by atoms with Gasteiger partial charge in [0.2, 0.25) is 0 Å². The summed E-state index contributed by atoms with van der Waals surface area (Å²) in [4.78, 5) is 10.3. The molecule has 1 N–H and O–H groups in total. The van der Waals surface area contributed by atoms with Crippen molar-refractivity contribution >= 4 is 16.8 Å². The van der Waals surface area contributed by atoms with Gasteiger partial charge in [-0.1, -0.05) is 18.2 Å². The first-order chi connectivity index (χ1) is 9.18. The molecule has 1 atom stereocenters. The van der Waals surface area contributed by atoms with Crippen molar-refractivity contribution in [2.75, 3.05) is 18.1 Å². The maximum atomic E-state index is 11.5. The molecule has 0 saturated heterocycles.